The van der Waals surface area contributed by atoms with Crippen LogP contribution in [0, 0.1) is 0 Å². The lowest BCUT2D eigenvalue weighted by Crippen LogP contribution is -2.21. The van der Waals surface area contributed by atoms with Gasteiger partial charge in [0.1, 0.15) is 11.5 Å². The zero-order valence-electron chi connectivity index (χ0n) is 21.0. The molecule has 0 saturated carbocycles. The molecule has 3 rings (SSSR count). The molecule has 0 heterocycles. The van der Waals surface area contributed by atoms with E-state index in [2.05, 4.69) is 0 Å². The minimum Gasteiger partial charge on any atom is -0.494 e. The second kappa shape index (κ2) is 13.4. The van der Waals surface area contributed by atoms with Crippen LogP contribution in [0.4, 0.5) is 24.5 Å². The fourth-order valence-electron chi connectivity index (χ4n) is 3.54. The predicted octanol–water partition coefficient (Wildman–Crippen LogP) is 6.47. The average molecular weight is 529 g/mol. The third kappa shape index (κ3) is 8.47. The van der Waals surface area contributed by atoms with Crippen LogP contribution >= 0.6 is 0 Å². The zero-order chi connectivity index (χ0) is 27.5. The van der Waals surface area contributed by atoms with E-state index in [-0.39, 0.29) is 23.8 Å². The number of nitrogen functional groups attached to an aromatic ring is 2. The van der Waals surface area contributed by atoms with E-state index in [1.165, 1.54) is 48.6 Å². The fraction of sp³-hybridized carbons (Fsp3) is 0.276. The number of halogens is 3. The standard InChI is InChI=1S/C29H31F3N2O4/c1-20(26-14-9-23(33)18-27(26)34)19-37-28(35)15-6-21-4-10-25(11-5-21)38-29(31,32)22-7-12-24(13-8-22)36-17-3-2-16-30/h4-15,18,20H,2-3,16-17,19,33-34H2,1H3/b15-6+. The van der Waals surface area contributed by atoms with Crippen LogP contribution in [0.3, 0.4) is 0 Å². The Kier molecular flexibility index (Phi) is 10.0. The number of carbonyl (C=O) groups is 1. The van der Waals surface area contributed by atoms with Gasteiger partial charge in [-0.25, -0.2) is 4.79 Å². The molecule has 3 aromatic rings. The molecule has 1 unspecified atom stereocenters. The molecule has 0 aliphatic carbocycles. The molecule has 38 heavy (non-hydrogen) atoms. The summed E-state index contributed by atoms with van der Waals surface area (Å²) in [7, 11) is 0. The maximum atomic E-state index is 14.6. The van der Waals surface area contributed by atoms with Crippen LogP contribution in [0.1, 0.15) is 42.4 Å². The lowest BCUT2D eigenvalue weighted by Gasteiger charge is -2.18. The molecular formula is C29H31F3N2O4. The summed E-state index contributed by atoms with van der Waals surface area (Å²) < 4.78 is 56.9. The van der Waals surface area contributed by atoms with Gasteiger partial charge in [-0.2, -0.15) is 8.78 Å². The van der Waals surface area contributed by atoms with Crippen molar-refractivity contribution in [3.63, 3.8) is 0 Å². The minimum absolute atomic E-state index is 0.0452. The summed E-state index contributed by atoms with van der Waals surface area (Å²) >= 11 is 0. The van der Waals surface area contributed by atoms with Crippen LogP contribution in [-0.4, -0.2) is 25.9 Å². The smallest absolute Gasteiger partial charge is 0.426 e. The maximum Gasteiger partial charge on any atom is 0.426 e. The van der Waals surface area contributed by atoms with Crippen molar-refractivity contribution in [1.82, 2.24) is 0 Å². The number of hydrogen-bond donors (Lipinski definition) is 2. The molecule has 6 nitrogen and oxygen atoms in total. The van der Waals surface area contributed by atoms with Crippen LogP contribution < -0.4 is 20.9 Å². The van der Waals surface area contributed by atoms with E-state index in [1.54, 1.807) is 30.3 Å². The van der Waals surface area contributed by atoms with E-state index in [9.17, 15) is 18.0 Å². The van der Waals surface area contributed by atoms with Gasteiger partial charge in [-0.05, 0) is 78.6 Å². The van der Waals surface area contributed by atoms with Crippen LogP contribution in [0.25, 0.3) is 6.08 Å². The highest BCUT2D eigenvalue weighted by molar-refractivity contribution is 5.87. The number of rotatable bonds is 13. The monoisotopic (exact) mass is 528 g/mol. The number of alkyl halides is 3. The second-order valence-electron chi connectivity index (χ2n) is 8.71. The van der Waals surface area contributed by atoms with Gasteiger partial charge in [-0.3, -0.25) is 4.39 Å². The van der Waals surface area contributed by atoms with E-state index in [4.69, 9.17) is 25.7 Å². The van der Waals surface area contributed by atoms with Crippen molar-refractivity contribution in [2.75, 3.05) is 31.4 Å². The van der Waals surface area contributed by atoms with Crippen LogP contribution in [-0.2, 0) is 15.6 Å². The lowest BCUT2D eigenvalue weighted by atomic mass is 10.00. The summed E-state index contributed by atoms with van der Waals surface area (Å²) in [5.74, 6) is -0.298. The molecule has 0 amide bonds. The van der Waals surface area contributed by atoms with Gasteiger partial charge in [-0.15, -0.1) is 0 Å². The zero-order valence-corrected chi connectivity index (χ0v) is 21.0. The molecule has 202 valence electrons. The lowest BCUT2D eigenvalue weighted by molar-refractivity contribution is -0.185. The third-order valence-corrected chi connectivity index (χ3v) is 5.64. The first-order valence-corrected chi connectivity index (χ1v) is 12.1. The molecule has 0 aromatic heterocycles. The highest BCUT2D eigenvalue weighted by atomic mass is 19.3. The number of nitrogens with two attached hydrogens (primary N) is 2. The van der Waals surface area contributed by atoms with Crippen molar-refractivity contribution in [2.24, 2.45) is 0 Å². The topological polar surface area (TPSA) is 96.8 Å². The third-order valence-electron chi connectivity index (χ3n) is 5.64. The van der Waals surface area contributed by atoms with Gasteiger partial charge in [0.05, 0.1) is 25.5 Å². The summed E-state index contributed by atoms with van der Waals surface area (Å²) in [5, 5.41) is 0. The molecule has 0 spiro atoms. The molecule has 0 saturated heterocycles. The first-order chi connectivity index (χ1) is 18.2. The molecule has 9 heteroatoms. The molecule has 4 N–H and O–H groups in total. The van der Waals surface area contributed by atoms with Gasteiger partial charge in [0, 0.05) is 23.4 Å². The van der Waals surface area contributed by atoms with Crippen molar-refractivity contribution >= 4 is 23.4 Å². The SMILES string of the molecule is CC(COC(=O)/C=C/c1ccc(OC(F)(F)c2ccc(OCCCCF)cc2)cc1)c1ccc(N)cc1N. The Labute approximate surface area is 220 Å². The van der Waals surface area contributed by atoms with Gasteiger partial charge in [0.15, 0.2) is 0 Å². The minimum atomic E-state index is -3.57. The molecule has 0 radical (unpaired) electrons. The molecule has 0 bridgehead atoms. The predicted molar refractivity (Wildman–Crippen MR) is 142 cm³/mol. The number of anilines is 2. The van der Waals surface area contributed by atoms with Crippen molar-refractivity contribution < 1.29 is 32.2 Å². The van der Waals surface area contributed by atoms with E-state index >= 15 is 0 Å². The van der Waals surface area contributed by atoms with Crippen molar-refractivity contribution in [3.05, 3.63) is 89.5 Å². The Balaban J connectivity index is 1.50. The van der Waals surface area contributed by atoms with Crippen molar-refractivity contribution in [3.8, 4) is 11.5 Å². The number of carbonyl (C=O) groups excluding carboxylic acids is 1. The normalized spacial score (nSPS) is 12.3. The summed E-state index contributed by atoms with van der Waals surface area (Å²) in [4.78, 5) is 12.1. The molecule has 0 aliphatic rings. The number of esters is 1. The average Bonchev–Trinajstić information content (AvgIpc) is 2.89. The first-order valence-electron chi connectivity index (χ1n) is 12.1. The van der Waals surface area contributed by atoms with Crippen LogP contribution in [0.2, 0.25) is 0 Å². The van der Waals surface area contributed by atoms with Gasteiger partial charge in [0.2, 0.25) is 0 Å². The second-order valence-corrected chi connectivity index (χ2v) is 8.71. The first kappa shape index (κ1) is 28.4. The van der Waals surface area contributed by atoms with Gasteiger partial charge >= 0.3 is 12.1 Å². The summed E-state index contributed by atoms with van der Waals surface area (Å²) in [6, 6.07) is 16.3. The Hall–Kier alpha value is -4.14. The van der Waals surface area contributed by atoms with Crippen LogP contribution in [0.15, 0.2) is 72.8 Å². The number of hydrogen-bond acceptors (Lipinski definition) is 6. The van der Waals surface area contributed by atoms with Crippen LogP contribution in [0.5, 0.6) is 11.5 Å². The molecule has 0 fully saturated rings. The van der Waals surface area contributed by atoms with E-state index < -0.39 is 18.8 Å². The van der Waals surface area contributed by atoms with Gasteiger partial charge in [0.25, 0.3) is 0 Å². The quantitative estimate of drug-likeness (QED) is 0.114. The Morgan fingerprint density at radius 1 is 0.974 bits per heavy atom. The van der Waals surface area contributed by atoms with E-state index in [0.717, 1.165) is 5.56 Å². The van der Waals surface area contributed by atoms with Crippen molar-refractivity contribution in [1.29, 1.82) is 0 Å². The maximum absolute atomic E-state index is 14.6. The van der Waals surface area contributed by atoms with Gasteiger partial charge < -0.3 is 25.7 Å². The number of unbranched alkanes of at least 4 members (excludes halogenated alkanes) is 1. The largest absolute Gasteiger partial charge is 0.494 e. The van der Waals surface area contributed by atoms with E-state index in [1.807, 2.05) is 6.92 Å². The highest BCUT2D eigenvalue weighted by Crippen LogP contribution is 2.32. The summed E-state index contributed by atoms with van der Waals surface area (Å²) in [5.41, 5.74) is 13.9. The molecule has 1 atom stereocenters. The fourth-order valence-corrected chi connectivity index (χ4v) is 3.54. The van der Waals surface area contributed by atoms with Crippen molar-refractivity contribution in [2.45, 2.75) is 31.8 Å². The Bertz CT molecular complexity index is 1220. The molecule has 0 aliphatic heterocycles. The highest BCUT2D eigenvalue weighted by Gasteiger charge is 2.34. The Morgan fingerprint density at radius 2 is 1.66 bits per heavy atom. The summed E-state index contributed by atoms with van der Waals surface area (Å²) in [6.45, 7) is 1.90. The number of benzene rings is 3. The molecular weight excluding hydrogens is 497 g/mol. The van der Waals surface area contributed by atoms with Gasteiger partial charge in [-0.1, -0.05) is 25.1 Å². The Morgan fingerprint density at radius 3 is 2.32 bits per heavy atom. The number of ether oxygens (including phenoxy) is 3. The van der Waals surface area contributed by atoms with E-state index in [0.29, 0.717) is 42.1 Å². The molecule has 3 aromatic carbocycles. The summed E-state index contributed by atoms with van der Waals surface area (Å²) in [6.07, 6.45) is 0.133.